The van der Waals surface area contributed by atoms with Gasteiger partial charge in [0.25, 0.3) is 0 Å². The minimum absolute atomic E-state index is 0.132. The van der Waals surface area contributed by atoms with Crippen LogP contribution in [0.15, 0.2) is 78.1 Å². The fourth-order valence-corrected chi connectivity index (χ4v) is 12.3. The summed E-state index contributed by atoms with van der Waals surface area (Å²) < 4.78 is 0. The lowest BCUT2D eigenvalue weighted by Gasteiger charge is -2.37. The molecule has 8 unspecified atom stereocenters. The molecule has 7 fully saturated rings. The molecule has 0 amide bonds. The predicted octanol–water partition coefficient (Wildman–Crippen LogP) is 6.28. The zero-order valence-electron chi connectivity index (χ0n) is 33.9. The standard InChI is InChI=1S/C48H63N5O3/c1-49(20-34-10-6-12-36(14-34)23-51-25-38-16-41(28-51)46(54)17-38)32-45-40-19-43(48(45)56)30-53(27-40)24-37-13-7-11-35(15-37)21-50(2)31-44-39-18-42(47(44)55)29-52(26-39)22-33-8-4-3-5-9-33/h3-6,8-10,12,14,31-32,35,37-43H,7,11,13,15-30H2,1-2H3/b44-31-,45-32-. The molecule has 2 aromatic carbocycles. The summed E-state index contributed by atoms with van der Waals surface area (Å²) in [5.41, 5.74) is 6.01. The Bertz CT molecular complexity index is 1840. The topological polar surface area (TPSA) is 67.4 Å². The molecule has 0 spiro atoms. The van der Waals surface area contributed by atoms with Crippen molar-refractivity contribution in [1.82, 2.24) is 24.5 Å². The highest BCUT2D eigenvalue weighted by atomic mass is 16.1. The van der Waals surface area contributed by atoms with E-state index in [1.165, 1.54) is 42.4 Å². The van der Waals surface area contributed by atoms with Gasteiger partial charge in [-0.2, -0.15) is 0 Å². The summed E-state index contributed by atoms with van der Waals surface area (Å²) >= 11 is 0. The van der Waals surface area contributed by atoms with Crippen LogP contribution in [0.2, 0.25) is 0 Å². The van der Waals surface area contributed by atoms with Gasteiger partial charge in [-0.25, -0.2) is 0 Å². The Morgan fingerprint density at radius 3 is 1.98 bits per heavy atom. The molecule has 3 heterocycles. The van der Waals surface area contributed by atoms with Crippen molar-refractivity contribution in [3.8, 4) is 0 Å². The predicted molar refractivity (Wildman–Crippen MR) is 220 cm³/mol. The van der Waals surface area contributed by atoms with Crippen LogP contribution >= 0.6 is 0 Å². The van der Waals surface area contributed by atoms with Crippen molar-refractivity contribution < 1.29 is 14.4 Å². The number of carbonyl (C=O) groups excluding carboxylic acids is 3. The molecule has 2 aromatic rings. The number of hydrogen-bond acceptors (Lipinski definition) is 8. The second kappa shape index (κ2) is 16.3. The van der Waals surface area contributed by atoms with Crippen LogP contribution in [0.4, 0.5) is 0 Å². The number of benzene rings is 2. The first kappa shape index (κ1) is 38.0. The fourth-order valence-electron chi connectivity index (χ4n) is 12.3. The third-order valence-corrected chi connectivity index (χ3v) is 14.6. The number of nitrogens with zero attached hydrogens (tertiary/aromatic N) is 5. The Balaban J connectivity index is 0.755. The number of likely N-dealkylation sites (tertiary alicyclic amines) is 3. The largest absolute Gasteiger partial charge is 0.380 e. The van der Waals surface area contributed by atoms with E-state index in [1.807, 2.05) is 0 Å². The molecule has 8 nitrogen and oxygen atoms in total. The first-order valence-electron chi connectivity index (χ1n) is 21.9. The Hall–Kier alpha value is -3.59. The van der Waals surface area contributed by atoms with Gasteiger partial charge in [0.05, 0.1) is 0 Å². The van der Waals surface area contributed by atoms with Gasteiger partial charge in [0.1, 0.15) is 5.78 Å². The molecule has 3 saturated heterocycles. The summed E-state index contributed by atoms with van der Waals surface area (Å²) in [7, 11) is 4.30. The Labute approximate surface area is 334 Å². The number of ketones is 3. The summed E-state index contributed by atoms with van der Waals surface area (Å²) in [4.78, 5) is 51.6. The SMILES string of the molecule is CN(/C=C1\C(=O)C2CC1CN(CC1CCCC(CN(C)/C=C3\C(=O)C4CC3CN(Cc3ccccc3)C4)C1)C2)Cc1cccc(CN2CC3CC(=O)C(C3)C2)c1. The maximum atomic E-state index is 13.7. The molecule has 9 rings (SSSR count). The van der Waals surface area contributed by atoms with Crippen molar-refractivity contribution in [3.63, 3.8) is 0 Å². The number of hydrogen-bond donors (Lipinski definition) is 0. The molecular formula is C48H63N5O3. The van der Waals surface area contributed by atoms with Crippen molar-refractivity contribution in [2.24, 2.45) is 47.3 Å². The second-order valence-corrected chi connectivity index (χ2v) is 19.3. The van der Waals surface area contributed by atoms with E-state index in [9.17, 15) is 14.4 Å². The zero-order chi connectivity index (χ0) is 38.3. The van der Waals surface area contributed by atoms with Crippen LogP contribution in [0.3, 0.4) is 0 Å². The summed E-state index contributed by atoms with van der Waals surface area (Å²) in [6.07, 6.45) is 13.3. The van der Waals surface area contributed by atoms with Crippen molar-refractivity contribution in [2.45, 2.75) is 71.0 Å². The maximum Gasteiger partial charge on any atom is 0.165 e. The van der Waals surface area contributed by atoms with E-state index >= 15 is 0 Å². The van der Waals surface area contributed by atoms with E-state index in [0.717, 1.165) is 109 Å². The summed E-state index contributed by atoms with van der Waals surface area (Å²) in [5.74, 6) is 4.30. The van der Waals surface area contributed by atoms with Gasteiger partial charge in [-0.3, -0.25) is 24.2 Å². The average molecular weight is 758 g/mol. The van der Waals surface area contributed by atoms with Gasteiger partial charge in [0, 0.05) is 146 Å². The van der Waals surface area contributed by atoms with E-state index in [0.29, 0.717) is 46.9 Å². The molecular weight excluding hydrogens is 695 g/mol. The highest BCUT2D eigenvalue weighted by Gasteiger charge is 2.45. The van der Waals surface area contributed by atoms with Crippen LogP contribution in [0.25, 0.3) is 0 Å². The lowest BCUT2D eigenvalue weighted by Crippen LogP contribution is -2.41. The van der Waals surface area contributed by atoms with Gasteiger partial charge >= 0.3 is 0 Å². The minimum atomic E-state index is 0.132. The fraction of sp³-hybridized carbons (Fsp3) is 0.604. The first-order chi connectivity index (χ1) is 27.2. The minimum Gasteiger partial charge on any atom is -0.380 e. The van der Waals surface area contributed by atoms with Gasteiger partial charge < -0.3 is 14.7 Å². The van der Waals surface area contributed by atoms with Crippen LogP contribution in [0.5, 0.6) is 0 Å². The molecule has 4 saturated carbocycles. The normalized spacial score (nSPS) is 33.6. The summed E-state index contributed by atoms with van der Waals surface area (Å²) in [6.45, 7) is 10.4. The molecule has 0 N–H and O–H groups in total. The van der Waals surface area contributed by atoms with E-state index in [4.69, 9.17) is 0 Å². The maximum absolute atomic E-state index is 13.7. The highest BCUT2D eigenvalue weighted by Crippen LogP contribution is 2.41. The Kier molecular flexibility index (Phi) is 11.1. The molecule has 298 valence electrons. The highest BCUT2D eigenvalue weighted by molar-refractivity contribution is 6.01. The van der Waals surface area contributed by atoms with Crippen molar-refractivity contribution in [3.05, 3.63) is 94.8 Å². The Morgan fingerprint density at radius 2 is 1.21 bits per heavy atom. The molecule has 4 aliphatic carbocycles. The molecule has 0 radical (unpaired) electrons. The lowest BCUT2D eigenvalue weighted by atomic mass is 9.80. The van der Waals surface area contributed by atoms with E-state index in [2.05, 4.69) is 106 Å². The van der Waals surface area contributed by atoms with E-state index < -0.39 is 0 Å². The summed E-state index contributed by atoms with van der Waals surface area (Å²) in [5, 5.41) is 0. The van der Waals surface area contributed by atoms with Crippen LogP contribution in [-0.4, -0.2) is 108 Å². The van der Waals surface area contributed by atoms with Crippen LogP contribution in [0.1, 0.15) is 68.1 Å². The number of Topliss-reactive ketones (excluding diaryl/α,β-unsaturated/α-hetero) is 3. The van der Waals surface area contributed by atoms with Crippen LogP contribution in [0, 0.1) is 47.3 Å². The smallest absolute Gasteiger partial charge is 0.165 e. The third-order valence-electron chi connectivity index (χ3n) is 14.6. The van der Waals surface area contributed by atoms with E-state index in [-0.39, 0.29) is 17.8 Å². The second-order valence-electron chi connectivity index (χ2n) is 19.3. The Morgan fingerprint density at radius 1 is 0.607 bits per heavy atom. The quantitative estimate of drug-likeness (QED) is 0.235. The van der Waals surface area contributed by atoms with Crippen LogP contribution in [-0.2, 0) is 34.0 Å². The van der Waals surface area contributed by atoms with Crippen molar-refractivity contribution in [1.29, 1.82) is 0 Å². The molecule has 56 heavy (non-hydrogen) atoms. The number of carbonyl (C=O) groups is 3. The van der Waals surface area contributed by atoms with Gasteiger partial charge in [-0.05, 0) is 73.0 Å². The van der Waals surface area contributed by atoms with Crippen LogP contribution < -0.4 is 0 Å². The lowest BCUT2D eigenvalue weighted by molar-refractivity contribution is -0.121. The zero-order valence-corrected chi connectivity index (χ0v) is 33.9. The molecule has 3 aliphatic heterocycles. The monoisotopic (exact) mass is 757 g/mol. The number of piperidine rings is 3. The average Bonchev–Trinajstić information content (AvgIpc) is 3.65. The van der Waals surface area contributed by atoms with E-state index in [1.54, 1.807) is 0 Å². The first-order valence-corrected chi connectivity index (χ1v) is 21.9. The van der Waals surface area contributed by atoms with Gasteiger partial charge in [-0.15, -0.1) is 0 Å². The molecule has 8 atom stereocenters. The van der Waals surface area contributed by atoms with Gasteiger partial charge in [0.2, 0.25) is 0 Å². The molecule has 0 aromatic heterocycles. The van der Waals surface area contributed by atoms with Crippen molar-refractivity contribution >= 4 is 17.3 Å². The molecule has 6 bridgehead atoms. The third kappa shape index (κ3) is 8.49. The van der Waals surface area contributed by atoms with Gasteiger partial charge in [0.15, 0.2) is 11.6 Å². The summed E-state index contributed by atoms with van der Waals surface area (Å²) in [6, 6.07) is 19.6. The number of fused-ring (bicyclic) bond motifs is 6. The van der Waals surface area contributed by atoms with Gasteiger partial charge in [-0.1, -0.05) is 61.0 Å². The molecule has 8 heteroatoms. The van der Waals surface area contributed by atoms with Crippen molar-refractivity contribution in [2.75, 3.05) is 66.5 Å². The molecule has 7 aliphatic rings. The number of rotatable bonds is 12.